The van der Waals surface area contributed by atoms with Gasteiger partial charge in [-0.05, 0) is 60.3 Å². The molecule has 0 aromatic heterocycles. The minimum atomic E-state index is -2.17. The molecule has 0 saturated heterocycles. The quantitative estimate of drug-likeness (QED) is 0.0578. The zero-order chi connectivity index (χ0) is 33.0. The summed E-state index contributed by atoms with van der Waals surface area (Å²) in [5.74, 6) is 0.255. The van der Waals surface area contributed by atoms with E-state index in [1.165, 1.54) is 7.11 Å². The summed E-state index contributed by atoms with van der Waals surface area (Å²) in [4.78, 5) is 13.2. The third kappa shape index (κ3) is 9.52. The van der Waals surface area contributed by atoms with Gasteiger partial charge in [0.2, 0.25) is 8.32 Å². The first-order valence-electron chi connectivity index (χ1n) is 16.2. The number of nitrogens with one attached hydrogen (secondary N) is 1. The first-order chi connectivity index (χ1) is 22.1. The lowest BCUT2D eigenvalue weighted by Crippen LogP contribution is -2.53. The molecule has 4 aromatic carbocycles. The van der Waals surface area contributed by atoms with E-state index in [9.17, 15) is 4.79 Å². The molecular weight excluding hydrogens is 587 g/mol. The second-order valence-corrected chi connectivity index (χ2v) is 17.5. The fourth-order valence-electron chi connectivity index (χ4n) is 5.80. The van der Waals surface area contributed by atoms with Gasteiger partial charge in [0, 0.05) is 0 Å². The lowest BCUT2D eigenvalue weighted by Gasteiger charge is -2.41. The van der Waals surface area contributed by atoms with Crippen molar-refractivity contribution in [1.29, 1.82) is 0 Å². The molecule has 4 aromatic rings. The molecule has 46 heavy (non-hydrogen) atoms. The Kier molecular flexibility index (Phi) is 12.6. The Labute approximate surface area is 276 Å². The number of methoxy groups -OCH3 is 1. The maximum Gasteiger partial charge on any atom is 0.312 e. The van der Waals surface area contributed by atoms with Crippen LogP contribution in [0.5, 0.6) is 0 Å². The number of carbonyl (C=O) groups excluding carboxylic acids is 1. The van der Waals surface area contributed by atoms with E-state index in [1.807, 2.05) is 42.5 Å². The van der Waals surface area contributed by atoms with E-state index >= 15 is 0 Å². The van der Waals surface area contributed by atoms with Crippen LogP contribution in [-0.4, -0.2) is 34.0 Å². The zero-order valence-corrected chi connectivity index (χ0v) is 29.1. The van der Waals surface area contributed by atoms with E-state index in [4.69, 9.17) is 13.9 Å². The fourth-order valence-corrected chi connectivity index (χ4v) is 6.72. The van der Waals surface area contributed by atoms with Gasteiger partial charge in [-0.2, -0.15) is 0 Å². The summed E-state index contributed by atoms with van der Waals surface area (Å²) in [6, 6.07) is 41.3. The predicted molar refractivity (Wildman–Crippen MR) is 190 cm³/mol. The van der Waals surface area contributed by atoms with Gasteiger partial charge in [0.1, 0.15) is 0 Å². The highest BCUT2D eigenvalue weighted by Crippen LogP contribution is 2.38. The molecule has 0 unspecified atom stereocenters. The second-order valence-electron chi connectivity index (χ2n) is 13.1. The van der Waals surface area contributed by atoms with Gasteiger partial charge in [-0.15, -0.1) is 0 Å². The molecule has 0 saturated carbocycles. The summed E-state index contributed by atoms with van der Waals surface area (Å²) in [6.07, 6.45) is 2.63. The molecule has 0 bridgehead atoms. The molecule has 0 spiro atoms. The molecule has 0 heterocycles. The van der Waals surface area contributed by atoms with Crippen molar-refractivity contribution in [2.45, 2.75) is 58.1 Å². The standard InChI is InChI=1S/C40H49NO4Si/c1-31(2)27-33(39(42)43-3)28-38(45-46(4,5)6)37(30-44-29-32-19-11-7-12-20-32)41-40(34-21-13-8-14-22-34,35-23-15-9-16-24-35)36-25-17-10-18-26-36/h7-26,28,31,33,37,41H,27,29-30H2,1-6H3/b38-28-/t33-,37-/m0/s1. The molecule has 0 fully saturated rings. The van der Waals surface area contributed by atoms with Crippen molar-refractivity contribution < 1.29 is 18.7 Å². The van der Waals surface area contributed by atoms with Gasteiger partial charge in [-0.25, -0.2) is 0 Å². The van der Waals surface area contributed by atoms with E-state index < -0.39 is 25.8 Å². The number of carbonyl (C=O) groups is 1. The average Bonchev–Trinajstić information content (AvgIpc) is 3.06. The maximum atomic E-state index is 13.2. The molecule has 0 aliphatic heterocycles. The van der Waals surface area contributed by atoms with Crippen molar-refractivity contribution in [3.05, 3.63) is 155 Å². The molecule has 0 amide bonds. The van der Waals surface area contributed by atoms with E-state index in [-0.39, 0.29) is 11.9 Å². The Morgan fingerprint density at radius 2 is 1.22 bits per heavy atom. The zero-order valence-electron chi connectivity index (χ0n) is 28.1. The van der Waals surface area contributed by atoms with Gasteiger partial charge in [0.25, 0.3) is 0 Å². The van der Waals surface area contributed by atoms with E-state index in [1.54, 1.807) is 0 Å². The molecule has 0 aliphatic carbocycles. The first-order valence-corrected chi connectivity index (χ1v) is 19.6. The van der Waals surface area contributed by atoms with Gasteiger partial charge in [-0.3, -0.25) is 10.1 Å². The lowest BCUT2D eigenvalue weighted by molar-refractivity contribution is -0.144. The van der Waals surface area contributed by atoms with Crippen molar-refractivity contribution in [3.63, 3.8) is 0 Å². The van der Waals surface area contributed by atoms with Crippen LogP contribution < -0.4 is 5.32 Å². The highest BCUT2D eigenvalue weighted by molar-refractivity contribution is 6.70. The van der Waals surface area contributed by atoms with Crippen LogP contribution in [0.1, 0.15) is 42.5 Å². The average molecular weight is 636 g/mol. The van der Waals surface area contributed by atoms with Crippen molar-refractivity contribution in [2.75, 3.05) is 13.7 Å². The summed E-state index contributed by atoms with van der Waals surface area (Å²) in [5, 5.41) is 4.09. The number of rotatable bonds is 16. The van der Waals surface area contributed by atoms with E-state index in [2.05, 4.69) is 124 Å². The number of benzene rings is 4. The van der Waals surface area contributed by atoms with Crippen molar-refractivity contribution in [2.24, 2.45) is 11.8 Å². The molecule has 5 nitrogen and oxygen atoms in total. The van der Waals surface area contributed by atoms with Crippen molar-refractivity contribution in [1.82, 2.24) is 5.32 Å². The molecular formula is C40H49NO4Si. The van der Waals surface area contributed by atoms with Gasteiger partial charge < -0.3 is 13.9 Å². The van der Waals surface area contributed by atoms with E-state index in [0.29, 0.717) is 25.4 Å². The largest absolute Gasteiger partial charge is 0.546 e. The number of hydrogen-bond donors (Lipinski definition) is 1. The van der Waals surface area contributed by atoms with Gasteiger partial charge in [0.05, 0.1) is 43.6 Å². The molecule has 2 atom stereocenters. The predicted octanol–water partition coefficient (Wildman–Crippen LogP) is 8.72. The Bertz CT molecular complexity index is 1410. The highest BCUT2D eigenvalue weighted by Gasteiger charge is 2.40. The smallest absolute Gasteiger partial charge is 0.312 e. The maximum absolute atomic E-state index is 13.2. The van der Waals surface area contributed by atoms with Crippen LogP contribution in [0, 0.1) is 11.8 Å². The van der Waals surface area contributed by atoms with Crippen LogP contribution in [-0.2, 0) is 30.8 Å². The fraction of sp³-hybridized carbons (Fsp3) is 0.325. The second kappa shape index (κ2) is 16.5. The number of ether oxygens (including phenoxy) is 2. The van der Waals surface area contributed by atoms with Crippen molar-refractivity contribution in [3.8, 4) is 0 Å². The molecule has 6 heteroatoms. The normalized spacial score (nSPS) is 13.7. The van der Waals surface area contributed by atoms with Gasteiger partial charge in [0.15, 0.2) is 0 Å². The van der Waals surface area contributed by atoms with Crippen LogP contribution in [0.15, 0.2) is 133 Å². The minimum Gasteiger partial charge on any atom is -0.546 e. The summed E-state index contributed by atoms with van der Waals surface area (Å²) in [5.41, 5.74) is 3.56. The molecule has 242 valence electrons. The lowest BCUT2D eigenvalue weighted by atomic mass is 9.76. The molecule has 1 N–H and O–H groups in total. The molecule has 0 radical (unpaired) electrons. The summed E-state index contributed by atoms with van der Waals surface area (Å²) in [6.45, 7) is 11.5. The Balaban J connectivity index is 1.93. The summed E-state index contributed by atoms with van der Waals surface area (Å²) >= 11 is 0. The first kappa shape index (κ1) is 34.9. The number of esters is 1. The monoisotopic (exact) mass is 635 g/mol. The van der Waals surface area contributed by atoms with Crippen LogP contribution in [0.4, 0.5) is 0 Å². The highest BCUT2D eigenvalue weighted by atomic mass is 28.4. The van der Waals surface area contributed by atoms with Crippen LogP contribution in [0.2, 0.25) is 19.6 Å². The summed E-state index contributed by atoms with van der Waals surface area (Å²) in [7, 11) is -0.716. The Morgan fingerprint density at radius 3 is 1.63 bits per heavy atom. The SMILES string of the molecule is COC(=O)[C@H](/C=C(\O[Si](C)(C)C)[C@H](COCc1ccccc1)NC(c1ccccc1)(c1ccccc1)c1ccccc1)CC(C)C. The third-order valence-electron chi connectivity index (χ3n) is 7.77. The van der Waals surface area contributed by atoms with Gasteiger partial charge in [-0.1, -0.05) is 135 Å². The Hall–Kier alpha value is -3.97. The minimum absolute atomic E-state index is 0.269. The van der Waals surface area contributed by atoms with Gasteiger partial charge >= 0.3 is 5.97 Å². The number of hydrogen-bond acceptors (Lipinski definition) is 5. The van der Waals surface area contributed by atoms with Crippen LogP contribution in [0.25, 0.3) is 0 Å². The molecule has 4 rings (SSSR count). The van der Waals surface area contributed by atoms with E-state index in [0.717, 1.165) is 22.3 Å². The van der Waals surface area contributed by atoms with Crippen LogP contribution >= 0.6 is 0 Å². The van der Waals surface area contributed by atoms with Crippen LogP contribution in [0.3, 0.4) is 0 Å². The molecule has 0 aliphatic rings. The van der Waals surface area contributed by atoms with Crippen molar-refractivity contribution >= 4 is 14.3 Å². The topological polar surface area (TPSA) is 56.8 Å². The third-order valence-corrected chi connectivity index (χ3v) is 8.62. The Morgan fingerprint density at radius 1 is 0.761 bits per heavy atom. The summed E-state index contributed by atoms with van der Waals surface area (Å²) < 4.78 is 18.7.